The molecule has 1 aliphatic rings. The number of thioether (sulfide) groups is 1. The zero-order valence-electron chi connectivity index (χ0n) is 12.0. The van der Waals surface area contributed by atoms with Crippen LogP contribution in [0.2, 0.25) is 0 Å². The van der Waals surface area contributed by atoms with E-state index in [0.29, 0.717) is 28.8 Å². The lowest BCUT2D eigenvalue weighted by Crippen LogP contribution is -2.51. The number of piperidine rings is 1. The first kappa shape index (κ1) is 16.2. The van der Waals surface area contributed by atoms with Gasteiger partial charge in [0.1, 0.15) is 0 Å². The van der Waals surface area contributed by atoms with Crippen LogP contribution in [0.5, 0.6) is 0 Å². The van der Waals surface area contributed by atoms with E-state index in [2.05, 4.69) is 0 Å². The second-order valence-corrected chi connectivity index (χ2v) is 6.39. The van der Waals surface area contributed by atoms with Gasteiger partial charge in [-0.05, 0) is 50.5 Å². The van der Waals surface area contributed by atoms with Crippen molar-refractivity contribution in [2.45, 2.75) is 48.9 Å². The molecule has 1 heterocycles. The van der Waals surface area contributed by atoms with Crippen molar-refractivity contribution in [3.63, 3.8) is 0 Å². The predicted octanol–water partition coefficient (Wildman–Crippen LogP) is 3.34. The lowest BCUT2D eigenvalue weighted by atomic mass is 9.96. The van der Waals surface area contributed by atoms with Crippen LogP contribution in [0.15, 0.2) is 29.2 Å². The number of nitrogens with zero attached hydrogens (tertiary/aromatic N) is 1. The Balaban J connectivity index is 2.11. The summed E-state index contributed by atoms with van der Waals surface area (Å²) in [4.78, 5) is 14.8. The van der Waals surface area contributed by atoms with Crippen LogP contribution in [0.4, 0.5) is 8.78 Å². The summed E-state index contributed by atoms with van der Waals surface area (Å²) >= 11 is 0.482. The number of likely N-dealkylation sites (tertiary alicyclic amines) is 1. The second-order valence-electron chi connectivity index (χ2n) is 5.32. The van der Waals surface area contributed by atoms with Gasteiger partial charge in [0.25, 0.3) is 11.7 Å². The minimum absolute atomic E-state index is 0.0568. The Morgan fingerprint density at radius 1 is 1.33 bits per heavy atom. The van der Waals surface area contributed by atoms with Gasteiger partial charge < -0.3 is 10.6 Å². The maximum absolute atomic E-state index is 12.6. The molecule has 2 unspecified atom stereocenters. The topological polar surface area (TPSA) is 46.3 Å². The Morgan fingerprint density at radius 3 is 2.57 bits per heavy atom. The maximum Gasteiger partial charge on any atom is 0.288 e. The molecule has 0 aromatic heterocycles. The standard InChI is InChI=1S/C15H20F2N2OS/c1-10(18)13-4-2-3-9-19(13)14(20)11-5-7-12(8-6-11)21-15(16)17/h5-8,10,13,15H,2-4,9,18H2,1H3. The molecule has 1 amide bonds. The molecule has 1 aromatic rings. The van der Waals surface area contributed by atoms with E-state index in [-0.39, 0.29) is 18.0 Å². The van der Waals surface area contributed by atoms with Gasteiger partial charge in [-0.1, -0.05) is 11.8 Å². The summed E-state index contributed by atoms with van der Waals surface area (Å²) in [6.45, 7) is 2.62. The largest absolute Gasteiger partial charge is 0.334 e. The van der Waals surface area contributed by atoms with Crippen molar-refractivity contribution >= 4 is 17.7 Å². The van der Waals surface area contributed by atoms with Gasteiger partial charge in [-0.15, -0.1) is 0 Å². The Labute approximate surface area is 127 Å². The zero-order valence-corrected chi connectivity index (χ0v) is 12.8. The number of hydrogen-bond donors (Lipinski definition) is 1. The quantitative estimate of drug-likeness (QED) is 0.867. The highest BCUT2D eigenvalue weighted by Crippen LogP contribution is 2.26. The molecule has 1 saturated heterocycles. The highest BCUT2D eigenvalue weighted by molar-refractivity contribution is 7.99. The summed E-state index contributed by atoms with van der Waals surface area (Å²) in [7, 11) is 0. The zero-order chi connectivity index (χ0) is 15.4. The molecule has 0 saturated carbocycles. The van der Waals surface area contributed by atoms with Crippen molar-refractivity contribution in [3.8, 4) is 0 Å². The first-order chi connectivity index (χ1) is 9.99. The fourth-order valence-corrected chi connectivity index (χ4v) is 3.20. The number of rotatable bonds is 4. The van der Waals surface area contributed by atoms with Crippen molar-refractivity contribution in [3.05, 3.63) is 29.8 Å². The second kappa shape index (κ2) is 7.22. The third-order valence-corrected chi connectivity index (χ3v) is 4.47. The van der Waals surface area contributed by atoms with Gasteiger partial charge in [0.15, 0.2) is 0 Å². The summed E-state index contributed by atoms with van der Waals surface area (Å²) in [5, 5.41) is 0. The summed E-state index contributed by atoms with van der Waals surface area (Å²) in [5.41, 5.74) is 6.50. The van der Waals surface area contributed by atoms with E-state index in [0.717, 1.165) is 19.3 Å². The van der Waals surface area contributed by atoms with Crippen molar-refractivity contribution in [2.24, 2.45) is 5.73 Å². The summed E-state index contributed by atoms with van der Waals surface area (Å²) in [6.07, 6.45) is 2.98. The summed E-state index contributed by atoms with van der Waals surface area (Å²) in [5.74, 6) is -2.51. The normalized spacial score (nSPS) is 20.6. The minimum atomic E-state index is -2.45. The van der Waals surface area contributed by atoms with E-state index in [1.54, 1.807) is 24.3 Å². The van der Waals surface area contributed by atoms with Crippen LogP contribution >= 0.6 is 11.8 Å². The van der Waals surface area contributed by atoms with Gasteiger partial charge in [-0.25, -0.2) is 0 Å². The first-order valence-corrected chi connectivity index (χ1v) is 7.98. The molecule has 0 bridgehead atoms. The molecule has 2 rings (SSSR count). The van der Waals surface area contributed by atoms with Crippen LogP contribution in [0, 0.1) is 0 Å². The molecule has 2 atom stereocenters. The van der Waals surface area contributed by atoms with E-state index in [4.69, 9.17) is 5.73 Å². The molecule has 3 nitrogen and oxygen atoms in total. The average Bonchev–Trinajstić information content (AvgIpc) is 2.46. The number of amides is 1. The van der Waals surface area contributed by atoms with Crippen molar-refractivity contribution in [2.75, 3.05) is 6.54 Å². The number of alkyl halides is 2. The Morgan fingerprint density at radius 2 is 2.00 bits per heavy atom. The average molecular weight is 314 g/mol. The number of benzene rings is 1. The molecule has 1 aliphatic heterocycles. The van der Waals surface area contributed by atoms with E-state index in [1.807, 2.05) is 11.8 Å². The van der Waals surface area contributed by atoms with Crippen molar-refractivity contribution < 1.29 is 13.6 Å². The van der Waals surface area contributed by atoms with Crippen molar-refractivity contribution in [1.82, 2.24) is 4.90 Å². The SMILES string of the molecule is CC(N)C1CCCCN1C(=O)c1ccc(SC(F)F)cc1. The van der Waals surface area contributed by atoms with Crippen LogP contribution in [-0.2, 0) is 0 Å². The molecule has 6 heteroatoms. The Bertz CT molecular complexity index is 479. The van der Waals surface area contributed by atoms with Gasteiger partial charge >= 0.3 is 0 Å². The lowest BCUT2D eigenvalue weighted by molar-refractivity contribution is 0.0584. The van der Waals surface area contributed by atoms with Gasteiger partial charge in [-0.2, -0.15) is 8.78 Å². The van der Waals surface area contributed by atoms with Gasteiger partial charge in [0, 0.05) is 29.1 Å². The lowest BCUT2D eigenvalue weighted by Gasteiger charge is -2.38. The molecular weight excluding hydrogens is 294 g/mol. The number of hydrogen-bond acceptors (Lipinski definition) is 3. The van der Waals surface area contributed by atoms with Crippen molar-refractivity contribution in [1.29, 1.82) is 0 Å². The molecule has 0 aliphatic carbocycles. The first-order valence-electron chi connectivity index (χ1n) is 7.10. The highest BCUT2D eigenvalue weighted by Gasteiger charge is 2.29. The fourth-order valence-electron chi connectivity index (χ4n) is 2.70. The van der Waals surface area contributed by atoms with Gasteiger partial charge in [0.05, 0.1) is 0 Å². The third-order valence-electron chi connectivity index (χ3n) is 3.74. The van der Waals surface area contributed by atoms with E-state index >= 15 is 0 Å². The Kier molecular flexibility index (Phi) is 5.58. The monoisotopic (exact) mass is 314 g/mol. The molecule has 0 radical (unpaired) electrons. The molecule has 2 N–H and O–H groups in total. The molecule has 116 valence electrons. The highest BCUT2D eigenvalue weighted by atomic mass is 32.2. The summed E-state index contributed by atoms with van der Waals surface area (Å²) in [6, 6.07) is 6.34. The molecular formula is C15H20F2N2OS. The smallest absolute Gasteiger partial charge is 0.288 e. The Hall–Kier alpha value is -1.14. The number of nitrogens with two attached hydrogens (primary N) is 1. The third kappa shape index (κ3) is 4.17. The number of carbonyl (C=O) groups excluding carboxylic acids is 1. The van der Waals surface area contributed by atoms with Crippen LogP contribution in [-0.4, -0.2) is 35.2 Å². The van der Waals surface area contributed by atoms with Crippen LogP contribution < -0.4 is 5.73 Å². The number of halogens is 2. The van der Waals surface area contributed by atoms with E-state index < -0.39 is 5.76 Å². The van der Waals surface area contributed by atoms with Crippen LogP contribution in [0.25, 0.3) is 0 Å². The van der Waals surface area contributed by atoms with Crippen LogP contribution in [0.3, 0.4) is 0 Å². The maximum atomic E-state index is 12.6. The minimum Gasteiger partial charge on any atom is -0.334 e. The van der Waals surface area contributed by atoms with Gasteiger partial charge in [-0.3, -0.25) is 4.79 Å². The van der Waals surface area contributed by atoms with Gasteiger partial charge in [0.2, 0.25) is 0 Å². The number of carbonyl (C=O) groups is 1. The molecule has 0 spiro atoms. The molecule has 1 aromatic carbocycles. The predicted molar refractivity (Wildman–Crippen MR) is 80.6 cm³/mol. The molecule has 1 fully saturated rings. The van der Waals surface area contributed by atoms with Crippen LogP contribution in [0.1, 0.15) is 36.5 Å². The van der Waals surface area contributed by atoms with E-state index in [9.17, 15) is 13.6 Å². The summed E-state index contributed by atoms with van der Waals surface area (Å²) < 4.78 is 24.6. The van der Waals surface area contributed by atoms with E-state index in [1.165, 1.54) is 0 Å². The fraction of sp³-hybridized carbons (Fsp3) is 0.533. The molecule has 21 heavy (non-hydrogen) atoms.